The van der Waals surface area contributed by atoms with Gasteiger partial charge in [0, 0.05) is 6.42 Å². The van der Waals surface area contributed by atoms with Gasteiger partial charge in [0.1, 0.15) is 0 Å². The standard InChI is InChI=1S/C13H11ClF3N/c1-8-6-11(18-12(8)7-14)9-2-4-10(5-3-9)13(15,16)17/h2-5H,6-7H2,1H3. The molecule has 18 heavy (non-hydrogen) atoms. The number of benzene rings is 1. The Kier molecular flexibility index (Phi) is 3.48. The molecule has 1 heterocycles. The van der Waals surface area contributed by atoms with Crippen molar-refractivity contribution < 1.29 is 13.2 Å². The minimum absolute atomic E-state index is 0.329. The van der Waals surface area contributed by atoms with Gasteiger partial charge in [0.2, 0.25) is 0 Å². The Morgan fingerprint density at radius 2 is 1.83 bits per heavy atom. The molecule has 96 valence electrons. The molecule has 0 spiro atoms. The lowest BCUT2D eigenvalue weighted by atomic mass is 10.0. The quantitative estimate of drug-likeness (QED) is 0.708. The van der Waals surface area contributed by atoms with Gasteiger partial charge in [0.25, 0.3) is 0 Å². The molecule has 1 aliphatic heterocycles. The van der Waals surface area contributed by atoms with Crippen molar-refractivity contribution >= 4 is 17.3 Å². The fourth-order valence-electron chi connectivity index (χ4n) is 1.81. The van der Waals surface area contributed by atoms with Gasteiger partial charge in [-0.05, 0) is 30.2 Å². The van der Waals surface area contributed by atoms with Crippen molar-refractivity contribution in [2.24, 2.45) is 4.99 Å². The number of allylic oxidation sites excluding steroid dienone is 2. The summed E-state index contributed by atoms with van der Waals surface area (Å²) >= 11 is 5.73. The smallest absolute Gasteiger partial charge is 0.256 e. The summed E-state index contributed by atoms with van der Waals surface area (Å²) in [6.07, 6.45) is -3.65. The van der Waals surface area contributed by atoms with Crippen LogP contribution in [0.1, 0.15) is 24.5 Å². The van der Waals surface area contributed by atoms with Gasteiger partial charge < -0.3 is 0 Å². The molecule has 0 saturated heterocycles. The van der Waals surface area contributed by atoms with Crippen molar-refractivity contribution in [2.45, 2.75) is 19.5 Å². The van der Waals surface area contributed by atoms with Crippen LogP contribution in [0.2, 0.25) is 0 Å². The van der Waals surface area contributed by atoms with Gasteiger partial charge in [-0.1, -0.05) is 12.1 Å². The lowest BCUT2D eigenvalue weighted by Gasteiger charge is -2.07. The van der Waals surface area contributed by atoms with E-state index in [0.29, 0.717) is 17.9 Å². The lowest BCUT2D eigenvalue weighted by Crippen LogP contribution is -2.05. The molecule has 0 amide bonds. The summed E-state index contributed by atoms with van der Waals surface area (Å²) in [7, 11) is 0. The van der Waals surface area contributed by atoms with Crippen molar-refractivity contribution in [3.8, 4) is 0 Å². The SMILES string of the molecule is CC1=C(CCl)N=C(c2ccc(C(F)(F)F)cc2)C1. The molecule has 0 atom stereocenters. The van der Waals surface area contributed by atoms with E-state index in [9.17, 15) is 13.2 Å². The van der Waals surface area contributed by atoms with Crippen molar-refractivity contribution in [3.63, 3.8) is 0 Å². The molecule has 0 fully saturated rings. The van der Waals surface area contributed by atoms with Crippen molar-refractivity contribution in [1.29, 1.82) is 0 Å². The van der Waals surface area contributed by atoms with Gasteiger partial charge >= 0.3 is 6.18 Å². The predicted molar refractivity (Wildman–Crippen MR) is 66.0 cm³/mol. The van der Waals surface area contributed by atoms with Crippen LogP contribution in [-0.4, -0.2) is 11.6 Å². The zero-order valence-corrected chi connectivity index (χ0v) is 10.4. The third-order valence-corrected chi connectivity index (χ3v) is 3.12. The number of alkyl halides is 4. The number of rotatable bonds is 2. The minimum Gasteiger partial charge on any atom is -0.256 e. The number of hydrogen-bond acceptors (Lipinski definition) is 1. The van der Waals surface area contributed by atoms with E-state index < -0.39 is 11.7 Å². The summed E-state index contributed by atoms with van der Waals surface area (Å²) in [5.74, 6) is 0.329. The molecule has 1 aromatic rings. The Labute approximate surface area is 108 Å². The molecule has 5 heteroatoms. The van der Waals surface area contributed by atoms with Gasteiger partial charge in [-0.3, -0.25) is 4.99 Å². The highest BCUT2D eigenvalue weighted by atomic mass is 35.5. The Morgan fingerprint density at radius 3 is 2.28 bits per heavy atom. The van der Waals surface area contributed by atoms with Crippen LogP contribution >= 0.6 is 11.6 Å². The third-order valence-electron chi connectivity index (χ3n) is 2.87. The van der Waals surface area contributed by atoms with E-state index in [-0.39, 0.29) is 0 Å². The number of aliphatic imine (C=N–C) groups is 1. The van der Waals surface area contributed by atoms with Crippen molar-refractivity contribution in [1.82, 2.24) is 0 Å². The molecule has 0 saturated carbocycles. The number of halogens is 4. The van der Waals surface area contributed by atoms with E-state index in [1.54, 1.807) is 0 Å². The summed E-state index contributed by atoms with van der Waals surface area (Å²) in [5, 5.41) is 0. The monoisotopic (exact) mass is 273 g/mol. The largest absolute Gasteiger partial charge is 0.416 e. The van der Waals surface area contributed by atoms with Crippen LogP contribution < -0.4 is 0 Å². The van der Waals surface area contributed by atoms with Gasteiger partial charge in [0.05, 0.1) is 22.9 Å². The molecule has 1 aliphatic rings. The highest BCUT2D eigenvalue weighted by Gasteiger charge is 2.30. The number of nitrogens with zero attached hydrogens (tertiary/aromatic N) is 1. The van der Waals surface area contributed by atoms with Crippen molar-refractivity contribution in [2.75, 3.05) is 5.88 Å². The predicted octanol–water partition coefficient (Wildman–Crippen LogP) is 4.41. The van der Waals surface area contributed by atoms with Gasteiger partial charge in [-0.15, -0.1) is 11.6 Å². The fraction of sp³-hybridized carbons (Fsp3) is 0.308. The maximum atomic E-state index is 12.4. The van der Waals surface area contributed by atoms with Gasteiger partial charge in [-0.2, -0.15) is 13.2 Å². The van der Waals surface area contributed by atoms with E-state index in [1.807, 2.05) is 6.92 Å². The fourth-order valence-corrected chi connectivity index (χ4v) is 2.10. The Balaban J connectivity index is 2.23. The molecule has 0 radical (unpaired) electrons. The zero-order chi connectivity index (χ0) is 13.3. The van der Waals surface area contributed by atoms with Crippen molar-refractivity contribution in [3.05, 3.63) is 46.7 Å². The second-order valence-corrected chi connectivity index (χ2v) is 4.44. The van der Waals surface area contributed by atoms with Crippen LogP contribution in [0.3, 0.4) is 0 Å². The average Bonchev–Trinajstić information content (AvgIpc) is 2.69. The first-order chi connectivity index (χ1) is 8.41. The van der Waals surface area contributed by atoms with E-state index in [2.05, 4.69) is 4.99 Å². The molecule has 1 aromatic carbocycles. The summed E-state index contributed by atoms with van der Waals surface area (Å²) < 4.78 is 37.3. The second kappa shape index (κ2) is 4.76. The first-order valence-corrected chi connectivity index (χ1v) is 5.95. The Hall–Kier alpha value is -1.29. The molecular weight excluding hydrogens is 263 g/mol. The minimum atomic E-state index is -4.30. The third kappa shape index (κ3) is 2.58. The maximum Gasteiger partial charge on any atom is 0.416 e. The van der Waals surface area contributed by atoms with E-state index in [1.165, 1.54) is 12.1 Å². The molecule has 2 rings (SSSR count). The lowest BCUT2D eigenvalue weighted by molar-refractivity contribution is -0.137. The van der Waals surface area contributed by atoms with Crippen LogP contribution in [0.5, 0.6) is 0 Å². The number of hydrogen-bond donors (Lipinski definition) is 0. The molecule has 0 aliphatic carbocycles. The van der Waals surface area contributed by atoms with Gasteiger partial charge in [0.15, 0.2) is 0 Å². The molecular formula is C13H11ClF3N. The molecule has 0 bridgehead atoms. The zero-order valence-electron chi connectivity index (χ0n) is 9.68. The molecule has 0 aromatic heterocycles. The highest BCUT2D eigenvalue weighted by Crippen LogP contribution is 2.30. The first kappa shape index (κ1) is 13.1. The molecule has 1 nitrogen and oxygen atoms in total. The van der Waals surface area contributed by atoms with E-state index >= 15 is 0 Å². The summed E-state index contributed by atoms with van der Waals surface area (Å²) in [6, 6.07) is 5.05. The Morgan fingerprint density at radius 1 is 1.22 bits per heavy atom. The van der Waals surface area contributed by atoms with Crippen LogP contribution in [0.4, 0.5) is 13.2 Å². The van der Waals surface area contributed by atoms with E-state index in [4.69, 9.17) is 11.6 Å². The maximum absolute atomic E-state index is 12.4. The van der Waals surface area contributed by atoms with Gasteiger partial charge in [-0.25, -0.2) is 0 Å². The molecule has 0 unspecified atom stereocenters. The highest BCUT2D eigenvalue weighted by molar-refractivity contribution is 6.20. The van der Waals surface area contributed by atoms with Crippen LogP contribution in [0, 0.1) is 0 Å². The normalized spacial score (nSPS) is 16.2. The topological polar surface area (TPSA) is 12.4 Å². The molecule has 0 N–H and O–H groups in total. The van der Waals surface area contributed by atoms with Crippen LogP contribution in [-0.2, 0) is 6.18 Å². The summed E-state index contributed by atoms with van der Waals surface area (Å²) in [6.45, 7) is 1.93. The first-order valence-electron chi connectivity index (χ1n) is 5.41. The summed E-state index contributed by atoms with van der Waals surface area (Å²) in [4.78, 5) is 4.33. The van der Waals surface area contributed by atoms with E-state index in [0.717, 1.165) is 29.1 Å². The Bertz CT molecular complexity index is 512. The average molecular weight is 274 g/mol. The second-order valence-electron chi connectivity index (χ2n) is 4.17. The van der Waals surface area contributed by atoms with Crippen LogP contribution in [0.15, 0.2) is 40.5 Å². The van der Waals surface area contributed by atoms with Crippen LogP contribution in [0.25, 0.3) is 0 Å². The summed E-state index contributed by atoms with van der Waals surface area (Å²) in [5.41, 5.74) is 2.72.